The van der Waals surface area contributed by atoms with E-state index >= 15 is 0 Å². The molecule has 4 heteroatoms. The van der Waals surface area contributed by atoms with Gasteiger partial charge in [-0.1, -0.05) is 39.0 Å². The van der Waals surface area contributed by atoms with E-state index in [0.717, 1.165) is 52.6 Å². The maximum Gasteiger partial charge on any atom is 0.0594 e. The molecule has 1 saturated heterocycles. The van der Waals surface area contributed by atoms with E-state index in [1.807, 2.05) is 0 Å². The van der Waals surface area contributed by atoms with Crippen LogP contribution in [0.1, 0.15) is 51.9 Å². The van der Waals surface area contributed by atoms with Gasteiger partial charge in [0.1, 0.15) is 0 Å². The molecule has 0 amide bonds. The van der Waals surface area contributed by atoms with E-state index in [-0.39, 0.29) is 0 Å². The van der Waals surface area contributed by atoms with Gasteiger partial charge >= 0.3 is 0 Å². The fraction of sp³-hybridized carbons (Fsp3) is 1.00. The molecule has 1 N–H and O–H groups in total. The Morgan fingerprint density at radius 3 is 2.48 bits per heavy atom. The summed E-state index contributed by atoms with van der Waals surface area (Å²) >= 11 is 0. The summed E-state index contributed by atoms with van der Waals surface area (Å²) in [5, 5.41) is 3.46. The number of hydrogen-bond donors (Lipinski definition) is 1. The van der Waals surface area contributed by atoms with E-state index in [2.05, 4.69) is 17.1 Å². The highest BCUT2D eigenvalue weighted by Gasteiger charge is 2.08. The lowest BCUT2D eigenvalue weighted by Gasteiger charge is -2.26. The summed E-state index contributed by atoms with van der Waals surface area (Å²) in [6.07, 6.45) is 9.24. The van der Waals surface area contributed by atoms with Crippen molar-refractivity contribution in [1.29, 1.82) is 0 Å². The minimum atomic E-state index is 0.854. The van der Waals surface area contributed by atoms with Crippen LogP contribution in [0.2, 0.25) is 0 Å². The van der Waals surface area contributed by atoms with Crippen LogP contribution < -0.4 is 5.32 Å². The molecule has 1 fully saturated rings. The number of ether oxygens (including phenoxy) is 2. The van der Waals surface area contributed by atoms with Crippen LogP contribution in [0.25, 0.3) is 0 Å². The van der Waals surface area contributed by atoms with Crippen LogP contribution in [0.4, 0.5) is 0 Å². The first-order valence-corrected chi connectivity index (χ1v) is 9.02. The molecule has 4 nitrogen and oxygen atoms in total. The van der Waals surface area contributed by atoms with Crippen LogP contribution in [-0.4, -0.2) is 64.1 Å². The van der Waals surface area contributed by atoms with Crippen LogP contribution in [0.3, 0.4) is 0 Å². The summed E-state index contributed by atoms with van der Waals surface area (Å²) < 4.78 is 11.0. The molecule has 1 aliphatic heterocycles. The Hall–Kier alpha value is -0.160. The molecule has 21 heavy (non-hydrogen) atoms. The van der Waals surface area contributed by atoms with E-state index in [4.69, 9.17) is 9.47 Å². The normalized spacial score (nSPS) is 16.4. The molecule has 1 rings (SSSR count). The summed E-state index contributed by atoms with van der Waals surface area (Å²) in [7, 11) is 0. The van der Waals surface area contributed by atoms with Gasteiger partial charge in [0.25, 0.3) is 0 Å². The van der Waals surface area contributed by atoms with Gasteiger partial charge in [0.05, 0.1) is 19.8 Å². The van der Waals surface area contributed by atoms with E-state index in [0.29, 0.717) is 0 Å². The van der Waals surface area contributed by atoms with E-state index in [1.165, 1.54) is 51.5 Å². The zero-order valence-corrected chi connectivity index (χ0v) is 14.1. The number of morpholine rings is 1. The molecular formula is C17H36N2O2. The molecule has 0 radical (unpaired) electrons. The van der Waals surface area contributed by atoms with E-state index in [9.17, 15) is 0 Å². The van der Waals surface area contributed by atoms with Crippen molar-refractivity contribution >= 4 is 0 Å². The molecule has 1 heterocycles. The van der Waals surface area contributed by atoms with Crippen LogP contribution in [0.5, 0.6) is 0 Å². The number of unbranched alkanes of at least 4 members (excludes halogenated alkanes) is 5. The molecule has 0 saturated carbocycles. The predicted molar refractivity (Wildman–Crippen MR) is 88.9 cm³/mol. The van der Waals surface area contributed by atoms with Crippen LogP contribution in [-0.2, 0) is 9.47 Å². The Labute approximate surface area is 131 Å². The molecule has 126 valence electrons. The minimum absolute atomic E-state index is 0.854. The molecule has 0 aromatic carbocycles. The lowest BCUT2D eigenvalue weighted by atomic mass is 10.1. The Kier molecular flexibility index (Phi) is 13.3. The van der Waals surface area contributed by atoms with Crippen molar-refractivity contribution < 1.29 is 9.47 Å². The Balaban J connectivity index is 1.69. The number of nitrogens with zero attached hydrogens (tertiary/aromatic N) is 1. The van der Waals surface area contributed by atoms with Crippen LogP contribution in [0.15, 0.2) is 0 Å². The molecule has 0 unspecified atom stereocenters. The molecule has 0 spiro atoms. The largest absolute Gasteiger partial charge is 0.380 e. The monoisotopic (exact) mass is 300 g/mol. The maximum absolute atomic E-state index is 5.65. The van der Waals surface area contributed by atoms with Gasteiger partial charge in [0, 0.05) is 26.2 Å². The lowest BCUT2D eigenvalue weighted by Crippen LogP contribution is -2.37. The van der Waals surface area contributed by atoms with Gasteiger partial charge < -0.3 is 14.8 Å². The van der Waals surface area contributed by atoms with Gasteiger partial charge in [0.2, 0.25) is 0 Å². The topological polar surface area (TPSA) is 33.7 Å². The molecule has 1 aliphatic rings. The van der Waals surface area contributed by atoms with E-state index in [1.54, 1.807) is 0 Å². The highest BCUT2D eigenvalue weighted by Crippen LogP contribution is 2.04. The second-order valence-electron chi connectivity index (χ2n) is 5.94. The number of rotatable bonds is 14. The smallest absolute Gasteiger partial charge is 0.0594 e. The second kappa shape index (κ2) is 14.8. The van der Waals surface area contributed by atoms with Gasteiger partial charge in [0.15, 0.2) is 0 Å². The van der Waals surface area contributed by atoms with Gasteiger partial charge in [-0.15, -0.1) is 0 Å². The first-order chi connectivity index (χ1) is 10.4. The average molecular weight is 300 g/mol. The van der Waals surface area contributed by atoms with Gasteiger partial charge in [-0.25, -0.2) is 0 Å². The Bertz CT molecular complexity index is 209. The zero-order chi connectivity index (χ0) is 15.0. The minimum Gasteiger partial charge on any atom is -0.380 e. The number of hydrogen-bond acceptors (Lipinski definition) is 4. The average Bonchev–Trinajstić information content (AvgIpc) is 2.53. The van der Waals surface area contributed by atoms with Crippen molar-refractivity contribution in [2.24, 2.45) is 0 Å². The second-order valence-corrected chi connectivity index (χ2v) is 5.94. The number of nitrogens with one attached hydrogen (secondary N) is 1. The standard InChI is InChI=1S/C17H36N2O2/c1-2-3-4-5-6-7-14-20-15-10-18-9-8-11-19-12-16-21-17-13-19/h18H,2-17H2,1H3. The fourth-order valence-corrected chi connectivity index (χ4v) is 2.61. The first-order valence-electron chi connectivity index (χ1n) is 9.02. The lowest BCUT2D eigenvalue weighted by molar-refractivity contribution is 0.0374. The highest BCUT2D eigenvalue weighted by atomic mass is 16.5. The summed E-state index contributed by atoms with van der Waals surface area (Å²) in [4.78, 5) is 2.49. The highest BCUT2D eigenvalue weighted by molar-refractivity contribution is 4.62. The fourth-order valence-electron chi connectivity index (χ4n) is 2.61. The van der Waals surface area contributed by atoms with Crippen LogP contribution in [0, 0.1) is 0 Å². The van der Waals surface area contributed by atoms with E-state index < -0.39 is 0 Å². The van der Waals surface area contributed by atoms with Crippen molar-refractivity contribution in [2.45, 2.75) is 51.9 Å². The quantitative estimate of drug-likeness (QED) is 0.500. The Morgan fingerprint density at radius 2 is 1.67 bits per heavy atom. The molecule has 0 aromatic rings. The van der Waals surface area contributed by atoms with Crippen molar-refractivity contribution in [1.82, 2.24) is 10.2 Å². The van der Waals surface area contributed by atoms with Crippen molar-refractivity contribution in [3.63, 3.8) is 0 Å². The van der Waals surface area contributed by atoms with Gasteiger partial charge in [-0.2, -0.15) is 0 Å². The maximum atomic E-state index is 5.65. The SMILES string of the molecule is CCCCCCCCOCCNCCCN1CCOCC1. The summed E-state index contributed by atoms with van der Waals surface area (Å²) in [5.74, 6) is 0. The molecule has 0 aromatic heterocycles. The van der Waals surface area contributed by atoms with Crippen molar-refractivity contribution in [3.05, 3.63) is 0 Å². The van der Waals surface area contributed by atoms with Crippen LogP contribution >= 0.6 is 0 Å². The third kappa shape index (κ3) is 12.1. The third-order valence-corrected chi connectivity index (χ3v) is 4.00. The Morgan fingerprint density at radius 1 is 0.905 bits per heavy atom. The first kappa shape index (κ1) is 18.9. The summed E-state index contributed by atoms with van der Waals surface area (Å²) in [5.41, 5.74) is 0. The van der Waals surface area contributed by atoms with Crippen molar-refractivity contribution in [3.8, 4) is 0 Å². The molecule has 0 atom stereocenters. The molecule has 0 bridgehead atoms. The zero-order valence-electron chi connectivity index (χ0n) is 14.1. The third-order valence-electron chi connectivity index (χ3n) is 4.00. The van der Waals surface area contributed by atoms with Crippen molar-refractivity contribution in [2.75, 3.05) is 59.2 Å². The summed E-state index contributed by atoms with van der Waals surface area (Å²) in [6.45, 7) is 11.3. The van der Waals surface area contributed by atoms with Gasteiger partial charge in [-0.3, -0.25) is 4.90 Å². The summed E-state index contributed by atoms with van der Waals surface area (Å²) in [6, 6.07) is 0. The molecular weight excluding hydrogens is 264 g/mol. The predicted octanol–water partition coefficient (Wildman–Crippen LogP) is 2.68. The molecule has 0 aliphatic carbocycles. The van der Waals surface area contributed by atoms with Gasteiger partial charge in [-0.05, 0) is 25.9 Å².